The molecular formula is C35H43ClN4O7. The molecule has 0 spiro atoms. The van der Waals surface area contributed by atoms with Gasteiger partial charge in [0.15, 0.2) is 0 Å². The van der Waals surface area contributed by atoms with Gasteiger partial charge in [-0.1, -0.05) is 49.6 Å². The Morgan fingerprint density at radius 3 is 2.68 bits per heavy atom. The van der Waals surface area contributed by atoms with Crippen LogP contribution in [0.2, 0.25) is 5.02 Å². The number of ether oxygens (including phenoxy) is 2. The minimum atomic E-state index is -1.42. The number of carboxylic acids is 1. The first-order valence-corrected chi connectivity index (χ1v) is 17.3. The molecule has 1 aromatic heterocycles. The number of nitrogens with one attached hydrogen (secondary N) is 2. The van der Waals surface area contributed by atoms with E-state index in [1.165, 1.54) is 4.90 Å². The summed E-state index contributed by atoms with van der Waals surface area (Å²) >= 11 is 6.49. The predicted molar refractivity (Wildman–Crippen MR) is 175 cm³/mol. The molecule has 2 saturated carbocycles. The standard InChI is InChI=1S/C35H43ClN4O7/c1-2-22-17-29(25-14-10-15-26(36)30(25)37-22)46-24-18-28-31(41)39-35(33(43)44)19-21(35)11-6-4-3-5-7-16-27(32(42)40(28)20-24)38-34(45)47-23-12-8-9-13-23/h6,10-11,14-15,17,21,23-24,27-28H,2-5,7-9,12-13,16,18-20H2,1H3,(H,38,45)(H,39,41)(H,43,44)/b11-6-/t21?,24-,27+,28+,35?/m1/s1. The zero-order valence-corrected chi connectivity index (χ0v) is 27.5. The molecule has 2 unspecified atom stereocenters. The van der Waals surface area contributed by atoms with Crippen molar-refractivity contribution in [3.8, 4) is 5.75 Å². The fraction of sp³-hybridized carbons (Fsp3) is 0.571. The van der Waals surface area contributed by atoms with E-state index in [4.69, 9.17) is 21.1 Å². The van der Waals surface area contributed by atoms with E-state index < -0.39 is 47.6 Å². The van der Waals surface area contributed by atoms with E-state index in [2.05, 4.69) is 15.6 Å². The number of hydrogen-bond donors (Lipinski definition) is 3. The number of benzene rings is 1. The molecule has 3 N–H and O–H groups in total. The average Bonchev–Trinajstić information content (AvgIpc) is 3.33. The number of carbonyl (C=O) groups is 4. The summed E-state index contributed by atoms with van der Waals surface area (Å²) in [6.07, 6.45) is 10.6. The number of nitrogens with zero attached hydrogens (tertiary/aromatic N) is 2. The number of aliphatic carboxylic acids is 1. The number of pyridine rings is 1. The van der Waals surface area contributed by atoms with Gasteiger partial charge < -0.3 is 30.1 Å². The van der Waals surface area contributed by atoms with Crippen molar-refractivity contribution < 1.29 is 33.8 Å². The van der Waals surface area contributed by atoms with Gasteiger partial charge in [-0.2, -0.15) is 0 Å². The Labute approximate surface area is 279 Å². The van der Waals surface area contributed by atoms with Crippen LogP contribution in [-0.2, 0) is 25.5 Å². The Hall–Kier alpha value is -3.86. The number of alkyl carbamates (subject to hydrolysis) is 1. The zero-order chi connectivity index (χ0) is 33.1. The number of rotatable bonds is 6. The van der Waals surface area contributed by atoms with Crippen molar-refractivity contribution in [3.63, 3.8) is 0 Å². The van der Waals surface area contributed by atoms with Gasteiger partial charge in [0.2, 0.25) is 11.8 Å². The maximum absolute atomic E-state index is 14.3. The number of aryl methyl sites for hydroxylation is 1. The van der Waals surface area contributed by atoms with Crippen molar-refractivity contribution >= 4 is 46.4 Å². The van der Waals surface area contributed by atoms with Gasteiger partial charge >= 0.3 is 12.1 Å². The van der Waals surface area contributed by atoms with Gasteiger partial charge in [0.25, 0.3) is 0 Å². The second kappa shape index (κ2) is 14.1. The van der Waals surface area contributed by atoms with E-state index in [9.17, 15) is 24.3 Å². The molecule has 1 saturated heterocycles. The number of hydrogen-bond acceptors (Lipinski definition) is 7. The van der Waals surface area contributed by atoms with Crippen LogP contribution < -0.4 is 15.4 Å². The highest BCUT2D eigenvalue weighted by Crippen LogP contribution is 2.45. The van der Waals surface area contributed by atoms with Crippen LogP contribution in [0.5, 0.6) is 5.75 Å². The molecule has 3 fully saturated rings. The highest BCUT2D eigenvalue weighted by molar-refractivity contribution is 6.35. The van der Waals surface area contributed by atoms with Crippen LogP contribution in [0.25, 0.3) is 10.9 Å². The quantitative estimate of drug-likeness (QED) is 0.351. The van der Waals surface area contributed by atoms with Gasteiger partial charge in [0.1, 0.15) is 35.6 Å². The van der Waals surface area contributed by atoms with Gasteiger partial charge in [-0.25, -0.2) is 9.59 Å². The van der Waals surface area contributed by atoms with Crippen molar-refractivity contribution in [2.45, 2.75) is 114 Å². The molecule has 5 atom stereocenters. The summed E-state index contributed by atoms with van der Waals surface area (Å²) in [6.45, 7) is 2.05. The third-order valence-electron chi connectivity index (χ3n) is 9.95. The van der Waals surface area contributed by atoms with Gasteiger partial charge in [0.05, 0.1) is 17.1 Å². The molecule has 0 radical (unpaired) electrons. The van der Waals surface area contributed by atoms with Crippen LogP contribution in [0.4, 0.5) is 4.79 Å². The number of carbonyl (C=O) groups excluding carboxylic acids is 3. The molecule has 6 rings (SSSR count). The van der Waals surface area contributed by atoms with Crippen LogP contribution in [-0.4, -0.2) is 75.2 Å². The maximum Gasteiger partial charge on any atom is 0.408 e. The van der Waals surface area contributed by atoms with Crippen LogP contribution in [0.3, 0.4) is 0 Å². The first-order valence-electron chi connectivity index (χ1n) is 16.9. The molecule has 3 amide bonds. The van der Waals surface area contributed by atoms with Crippen LogP contribution in [0.1, 0.15) is 83.2 Å². The Morgan fingerprint density at radius 2 is 1.91 bits per heavy atom. The summed E-state index contributed by atoms with van der Waals surface area (Å²) in [5.74, 6) is -1.86. The zero-order valence-electron chi connectivity index (χ0n) is 26.7. The Balaban J connectivity index is 1.29. The minimum Gasteiger partial charge on any atom is -0.488 e. The summed E-state index contributed by atoms with van der Waals surface area (Å²) in [5.41, 5.74) is -0.0342. The third-order valence-corrected chi connectivity index (χ3v) is 10.3. The fourth-order valence-corrected chi connectivity index (χ4v) is 7.39. The molecule has 2 aliphatic carbocycles. The third kappa shape index (κ3) is 7.20. The fourth-order valence-electron chi connectivity index (χ4n) is 7.17. The first-order chi connectivity index (χ1) is 22.7. The van der Waals surface area contributed by atoms with E-state index in [-0.39, 0.29) is 31.4 Å². The van der Waals surface area contributed by atoms with Gasteiger partial charge in [-0.3, -0.25) is 14.6 Å². The number of amides is 3. The predicted octanol–water partition coefficient (Wildman–Crippen LogP) is 5.32. The first kappa shape index (κ1) is 33.1. The smallest absolute Gasteiger partial charge is 0.408 e. The molecule has 12 heteroatoms. The van der Waals surface area contributed by atoms with Crippen molar-refractivity contribution in [2.75, 3.05) is 6.54 Å². The summed E-state index contributed by atoms with van der Waals surface area (Å²) < 4.78 is 12.2. The lowest BCUT2D eigenvalue weighted by Crippen LogP contribution is -2.56. The lowest BCUT2D eigenvalue weighted by atomic mass is 10.0. The molecule has 0 bridgehead atoms. The number of halogens is 1. The van der Waals surface area contributed by atoms with Gasteiger partial charge in [-0.15, -0.1) is 0 Å². The summed E-state index contributed by atoms with van der Waals surface area (Å²) in [6, 6.07) is 5.37. The molecule has 1 aromatic carbocycles. The second-order valence-corrected chi connectivity index (χ2v) is 13.6. The largest absolute Gasteiger partial charge is 0.488 e. The molecule has 47 heavy (non-hydrogen) atoms. The molecular weight excluding hydrogens is 624 g/mol. The van der Waals surface area contributed by atoms with Gasteiger partial charge in [-0.05, 0) is 69.9 Å². The SMILES string of the molecule is CCc1cc(O[C@@H]2C[C@H]3C(=O)NC4(C(=O)O)CC4/C=C\CCCCC[C@H](NC(=O)OC4CCCC4)C(=O)N3C2)c2cccc(Cl)c2n1. The molecule has 2 aromatic rings. The maximum atomic E-state index is 14.3. The van der Waals surface area contributed by atoms with E-state index in [1.807, 2.05) is 37.3 Å². The lowest BCUT2D eigenvalue weighted by molar-refractivity contribution is -0.145. The number of allylic oxidation sites excluding steroid dienone is 1. The van der Waals surface area contributed by atoms with Crippen LogP contribution >= 0.6 is 11.6 Å². The number of aromatic nitrogens is 1. The van der Waals surface area contributed by atoms with Crippen LogP contribution in [0, 0.1) is 5.92 Å². The Kier molecular flexibility index (Phi) is 9.91. The molecule has 3 heterocycles. The second-order valence-electron chi connectivity index (χ2n) is 13.2. The van der Waals surface area contributed by atoms with Crippen molar-refractivity contribution in [1.82, 2.24) is 20.5 Å². The van der Waals surface area contributed by atoms with Crippen molar-refractivity contribution in [3.05, 3.63) is 47.1 Å². The Bertz CT molecular complexity index is 1560. The highest BCUT2D eigenvalue weighted by Gasteiger charge is 2.61. The Morgan fingerprint density at radius 1 is 1.13 bits per heavy atom. The molecule has 252 valence electrons. The van der Waals surface area contributed by atoms with Crippen molar-refractivity contribution in [2.24, 2.45) is 5.92 Å². The van der Waals surface area contributed by atoms with Gasteiger partial charge in [0, 0.05) is 29.5 Å². The summed E-state index contributed by atoms with van der Waals surface area (Å²) in [7, 11) is 0. The van der Waals surface area contributed by atoms with E-state index in [0.29, 0.717) is 40.9 Å². The monoisotopic (exact) mass is 666 g/mol. The van der Waals surface area contributed by atoms with E-state index in [0.717, 1.165) is 50.6 Å². The van der Waals surface area contributed by atoms with E-state index in [1.54, 1.807) is 6.07 Å². The number of fused-ring (bicyclic) bond motifs is 3. The summed E-state index contributed by atoms with van der Waals surface area (Å²) in [5, 5.41) is 16.9. The minimum absolute atomic E-state index is 0.0714. The van der Waals surface area contributed by atoms with Crippen LogP contribution in [0.15, 0.2) is 36.4 Å². The highest BCUT2D eigenvalue weighted by atomic mass is 35.5. The molecule has 11 nitrogen and oxygen atoms in total. The average molecular weight is 667 g/mol. The van der Waals surface area contributed by atoms with Crippen molar-refractivity contribution in [1.29, 1.82) is 0 Å². The topological polar surface area (TPSA) is 147 Å². The summed E-state index contributed by atoms with van der Waals surface area (Å²) in [4.78, 5) is 59.8. The van der Waals surface area contributed by atoms with E-state index >= 15 is 0 Å². The number of para-hydroxylation sites is 1. The molecule has 2 aliphatic heterocycles. The normalized spacial score (nSPS) is 29.2. The number of carboxylic acid groups (broad SMARTS) is 1. The lowest BCUT2D eigenvalue weighted by Gasteiger charge is -2.29. The molecule has 4 aliphatic rings.